The molecule has 1 fully saturated rings. The molecule has 0 aliphatic carbocycles. The zero-order chi connectivity index (χ0) is 21.1. The number of amides is 2. The number of anilines is 2. The van der Waals surface area contributed by atoms with Gasteiger partial charge in [-0.05, 0) is 24.3 Å². The van der Waals surface area contributed by atoms with Crippen LogP contribution in [0.4, 0.5) is 20.7 Å². The number of carbonyl (C=O) groups excluding carboxylic acids is 1. The number of carbonyl (C=O) groups is 1. The lowest BCUT2D eigenvalue weighted by Crippen LogP contribution is -2.50. The summed E-state index contributed by atoms with van der Waals surface area (Å²) in [6.45, 7) is 2.18. The lowest BCUT2D eigenvalue weighted by atomic mass is 10.1. The van der Waals surface area contributed by atoms with Gasteiger partial charge in [-0.2, -0.15) is 5.26 Å². The summed E-state index contributed by atoms with van der Waals surface area (Å²) in [5.41, 5.74) is 2.28. The van der Waals surface area contributed by atoms with Crippen LogP contribution < -0.4 is 15.0 Å². The number of piperazine rings is 1. The number of nitriles is 1. The maximum atomic E-state index is 13.4. The molecule has 1 aromatic heterocycles. The molecule has 1 saturated heterocycles. The van der Waals surface area contributed by atoms with Crippen molar-refractivity contribution in [3.05, 3.63) is 53.8 Å². The summed E-state index contributed by atoms with van der Waals surface area (Å²) in [7, 11) is 1.41. The van der Waals surface area contributed by atoms with Crippen LogP contribution in [0.15, 0.2) is 42.5 Å². The minimum atomic E-state index is -0.425. The number of urea groups is 1. The summed E-state index contributed by atoms with van der Waals surface area (Å²) in [6, 6.07) is 13.3. The Morgan fingerprint density at radius 1 is 1.13 bits per heavy atom. The quantitative estimate of drug-likeness (QED) is 0.719. The van der Waals surface area contributed by atoms with E-state index in [9.17, 15) is 14.4 Å². The lowest BCUT2D eigenvalue weighted by Gasteiger charge is -2.36. The fourth-order valence-corrected chi connectivity index (χ4v) is 3.41. The third-order valence-corrected chi connectivity index (χ3v) is 4.95. The van der Waals surface area contributed by atoms with Crippen LogP contribution in [-0.2, 0) is 0 Å². The number of halogens is 1. The van der Waals surface area contributed by atoms with Crippen molar-refractivity contribution in [2.75, 3.05) is 43.5 Å². The molecular weight excluding hydrogens is 387 g/mol. The van der Waals surface area contributed by atoms with Gasteiger partial charge in [0, 0.05) is 32.2 Å². The molecule has 2 aromatic carbocycles. The molecule has 0 unspecified atom stereocenters. The van der Waals surface area contributed by atoms with Gasteiger partial charge >= 0.3 is 6.03 Å². The molecule has 2 amide bonds. The van der Waals surface area contributed by atoms with Gasteiger partial charge in [-0.1, -0.05) is 12.1 Å². The highest BCUT2D eigenvalue weighted by Crippen LogP contribution is 2.25. The summed E-state index contributed by atoms with van der Waals surface area (Å²) in [4.78, 5) is 25.1. The third-order valence-electron chi connectivity index (χ3n) is 4.95. The van der Waals surface area contributed by atoms with E-state index in [1.54, 1.807) is 11.0 Å². The van der Waals surface area contributed by atoms with E-state index < -0.39 is 5.82 Å². The second-order valence-corrected chi connectivity index (χ2v) is 6.75. The van der Waals surface area contributed by atoms with Crippen molar-refractivity contribution in [1.82, 2.24) is 14.9 Å². The Morgan fingerprint density at radius 3 is 2.63 bits per heavy atom. The number of fused-ring (bicyclic) bond motifs is 1. The average Bonchev–Trinajstić information content (AvgIpc) is 2.78. The van der Waals surface area contributed by atoms with E-state index in [1.807, 2.05) is 18.2 Å². The largest absolute Gasteiger partial charge is 0.478 e. The molecule has 1 aliphatic heterocycles. The van der Waals surface area contributed by atoms with Gasteiger partial charge in [0.25, 0.3) is 5.88 Å². The monoisotopic (exact) mass is 406 g/mol. The Morgan fingerprint density at radius 2 is 1.90 bits per heavy atom. The minimum Gasteiger partial charge on any atom is -0.478 e. The second-order valence-electron chi connectivity index (χ2n) is 6.75. The molecule has 30 heavy (non-hydrogen) atoms. The van der Waals surface area contributed by atoms with Crippen molar-refractivity contribution in [2.24, 2.45) is 0 Å². The van der Waals surface area contributed by atoms with Crippen molar-refractivity contribution in [2.45, 2.75) is 0 Å². The zero-order valence-corrected chi connectivity index (χ0v) is 16.3. The number of methoxy groups -OCH3 is 1. The van der Waals surface area contributed by atoms with E-state index in [1.165, 1.54) is 25.3 Å². The molecule has 1 aliphatic rings. The summed E-state index contributed by atoms with van der Waals surface area (Å²) >= 11 is 0. The number of para-hydroxylation sites is 1. The summed E-state index contributed by atoms with van der Waals surface area (Å²) in [5.74, 6) is -0.131. The maximum absolute atomic E-state index is 13.4. The van der Waals surface area contributed by atoms with Crippen LogP contribution in [-0.4, -0.2) is 54.2 Å². The Balaban J connectivity index is 1.46. The van der Waals surface area contributed by atoms with Gasteiger partial charge in [-0.25, -0.2) is 19.2 Å². The molecule has 9 heteroatoms. The number of ether oxygens (including phenoxy) is 1. The number of aromatic nitrogens is 2. The number of nitrogens with zero attached hydrogens (tertiary/aromatic N) is 5. The first kappa shape index (κ1) is 19.4. The predicted octanol–water partition coefficient (Wildman–Crippen LogP) is 3.00. The van der Waals surface area contributed by atoms with E-state index in [-0.39, 0.29) is 17.7 Å². The van der Waals surface area contributed by atoms with Crippen LogP contribution in [0.3, 0.4) is 0 Å². The fraction of sp³-hybridized carbons (Fsp3) is 0.238. The molecule has 0 radical (unpaired) electrons. The highest BCUT2D eigenvalue weighted by molar-refractivity contribution is 5.91. The van der Waals surface area contributed by atoms with Crippen LogP contribution in [0.25, 0.3) is 11.0 Å². The number of hydrogen-bond donors (Lipinski definition) is 1. The van der Waals surface area contributed by atoms with E-state index in [2.05, 4.69) is 26.3 Å². The van der Waals surface area contributed by atoms with E-state index in [4.69, 9.17) is 4.74 Å². The Hall–Kier alpha value is -3.93. The first-order valence-electron chi connectivity index (χ1n) is 9.40. The van der Waals surface area contributed by atoms with Crippen LogP contribution in [0.2, 0.25) is 0 Å². The number of rotatable bonds is 3. The first-order valence-corrected chi connectivity index (χ1v) is 9.40. The highest BCUT2D eigenvalue weighted by Gasteiger charge is 2.24. The molecule has 4 rings (SSSR count). The average molecular weight is 406 g/mol. The van der Waals surface area contributed by atoms with Gasteiger partial charge in [0.15, 0.2) is 5.82 Å². The van der Waals surface area contributed by atoms with Gasteiger partial charge in [0.2, 0.25) is 0 Å². The highest BCUT2D eigenvalue weighted by atomic mass is 19.1. The second kappa shape index (κ2) is 8.21. The van der Waals surface area contributed by atoms with Gasteiger partial charge < -0.3 is 14.5 Å². The van der Waals surface area contributed by atoms with Gasteiger partial charge in [-0.3, -0.25) is 5.32 Å². The number of benzene rings is 2. The van der Waals surface area contributed by atoms with Crippen LogP contribution in [0.1, 0.15) is 5.56 Å². The van der Waals surface area contributed by atoms with Gasteiger partial charge in [-0.15, -0.1) is 0 Å². The molecule has 152 valence electrons. The zero-order valence-electron chi connectivity index (χ0n) is 16.3. The van der Waals surface area contributed by atoms with E-state index in [0.717, 1.165) is 5.69 Å². The van der Waals surface area contributed by atoms with Crippen LogP contribution >= 0.6 is 0 Å². The fourth-order valence-electron chi connectivity index (χ4n) is 3.41. The molecule has 3 aromatic rings. The van der Waals surface area contributed by atoms with Crippen molar-refractivity contribution in [1.29, 1.82) is 5.26 Å². The topological polar surface area (TPSA) is 94.4 Å². The summed E-state index contributed by atoms with van der Waals surface area (Å²) < 4.78 is 18.6. The molecule has 8 nitrogen and oxygen atoms in total. The Labute approximate surface area is 172 Å². The Kier molecular flexibility index (Phi) is 5.30. The number of nitrogens with one attached hydrogen (secondary N) is 1. The standard InChI is InChI=1S/C21H19FN6O2/c1-30-20-19(24-16-7-6-15(22)12-17(16)25-20)26-21(29)28-10-8-27(9-11-28)18-5-3-2-4-14(18)13-23/h2-7,12H,8-11H2,1H3,(H,24,26,29). The summed E-state index contributed by atoms with van der Waals surface area (Å²) in [6.07, 6.45) is 0. The molecular formula is C21H19FN6O2. The predicted molar refractivity (Wildman–Crippen MR) is 110 cm³/mol. The maximum Gasteiger partial charge on any atom is 0.323 e. The molecule has 0 saturated carbocycles. The smallest absolute Gasteiger partial charge is 0.323 e. The lowest BCUT2D eigenvalue weighted by molar-refractivity contribution is 0.208. The normalized spacial score (nSPS) is 13.8. The molecule has 1 N–H and O–H groups in total. The molecule has 2 heterocycles. The van der Waals surface area contributed by atoms with Gasteiger partial charge in [0.1, 0.15) is 11.9 Å². The molecule has 0 atom stereocenters. The SMILES string of the molecule is COc1nc2cc(F)ccc2nc1NC(=O)N1CCN(c2ccccc2C#N)CC1. The van der Waals surface area contributed by atoms with Crippen molar-refractivity contribution >= 4 is 28.6 Å². The van der Waals surface area contributed by atoms with Crippen molar-refractivity contribution in [3.63, 3.8) is 0 Å². The van der Waals surface area contributed by atoms with Crippen molar-refractivity contribution in [3.8, 4) is 11.9 Å². The number of hydrogen-bond acceptors (Lipinski definition) is 6. The molecule has 0 spiro atoms. The van der Waals surface area contributed by atoms with E-state index in [0.29, 0.717) is 42.8 Å². The molecule has 0 bridgehead atoms. The Bertz CT molecular complexity index is 1140. The van der Waals surface area contributed by atoms with Crippen molar-refractivity contribution < 1.29 is 13.9 Å². The summed E-state index contributed by atoms with van der Waals surface area (Å²) in [5, 5.41) is 12.0. The minimum absolute atomic E-state index is 0.114. The third kappa shape index (κ3) is 3.80. The van der Waals surface area contributed by atoms with Gasteiger partial charge in [0.05, 0.1) is 29.4 Å². The van der Waals surface area contributed by atoms with Crippen LogP contribution in [0, 0.1) is 17.1 Å². The van der Waals surface area contributed by atoms with Crippen LogP contribution in [0.5, 0.6) is 5.88 Å². The van der Waals surface area contributed by atoms with E-state index >= 15 is 0 Å². The first-order chi connectivity index (χ1) is 14.6.